The van der Waals surface area contributed by atoms with E-state index in [0.29, 0.717) is 16.7 Å². The average Bonchev–Trinajstić information content (AvgIpc) is 3.73. The first-order valence-corrected chi connectivity index (χ1v) is 14.0. The molecule has 0 saturated heterocycles. The molecule has 9 aromatic rings. The van der Waals surface area contributed by atoms with Crippen molar-refractivity contribution in [1.82, 2.24) is 4.57 Å². The van der Waals surface area contributed by atoms with E-state index in [2.05, 4.69) is 59.2 Å². The summed E-state index contributed by atoms with van der Waals surface area (Å²) in [5, 5.41) is 25.6. The van der Waals surface area contributed by atoms with Crippen molar-refractivity contribution < 1.29 is 8.83 Å². The molecular weight excluding hydrogens is 530 g/mol. The van der Waals surface area contributed by atoms with Gasteiger partial charge < -0.3 is 13.4 Å². The second-order valence-electron chi connectivity index (χ2n) is 10.7. The molecule has 0 atom stereocenters. The molecule has 198 valence electrons. The van der Waals surface area contributed by atoms with Crippen molar-refractivity contribution in [3.63, 3.8) is 0 Å². The largest absolute Gasteiger partial charge is 0.456 e. The van der Waals surface area contributed by atoms with Crippen LogP contribution in [-0.2, 0) is 0 Å². The molecule has 5 heteroatoms. The molecule has 0 aliphatic rings. The predicted octanol–water partition coefficient (Wildman–Crippen LogP) is 9.99. The first-order valence-electron chi connectivity index (χ1n) is 14.0. The molecule has 0 unspecified atom stereocenters. The minimum Gasteiger partial charge on any atom is -0.456 e. The molecule has 0 fully saturated rings. The summed E-state index contributed by atoms with van der Waals surface area (Å²) in [7, 11) is 0. The van der Waals surface area contributed by atoms with Crippen LogP contribution >= 0.6 is 0 Å². The van der Waals surface area contributed by atoms with Gasteiger partial charge in [0.05, 0.1) is 39.3 Å². The number of hydrogen-bond donors (Lipinski definition) is 0. The van der Waals surface area contributed by atoms with E-state index in [9.17, 15) is 10.5 Å². The van der Waals surface area contributed by atoms with Crippen LogP contribution in [0.15, 0.2) is 124 Å². The molecular formula is C38H19N3O2. The minimum atomic E-state index is 0.516. The van der Waals surface area contributed by atoms with Crippen LogP contribution < -0.4 is 0 Å². The van der Waals surface area contributed by atoms with Gasteiger partial charge in [0, 0.05) is 32.5 Å². The van der Waals surface area contributed by atoms with Crippen LogP contribution in [-0.4, -0.2) is 4.57 Å². The van der Waals surface area contributed by atoms with Crippen molar-refractivity contribution >= 4 is 65.7 Å². The smallest absolute Gasteiger partial charge is 0.153 e. The molecule has 3 heterocycles. The number of benzene rings is 6. The number of nitriles is 2. The lowest BCUT2D eigenvalue weighted by Gasteiger charge is -2.15. The Morgan fingerprint density at radius 1 is 0.535 bits per heavy atom. The Morgan fingerprint density at radius 3 is 2.21 bits per heavy atom. The van der Waals surface area contributed by atoms with Gasteiger partial charge in [0.15, 0.2) is 5.58 Å². The monoisotopic (exact) mass is 549 g/mol. The zero-order valence-corrected chi connectivity index (χ0v) is 22.6. The number of para-hydroxylation sites is 3. The summed E-state index contributed by atoms with van der Waals surface area (Å²) in [4.78, 5) is 0. The van der Waals surface area contributed by atoms with Crippen LogP contribution in [0.1, 0.15) is 11.1 Å². The fourth-order valence-electron chi connectivity index (χ4n) is 6.58. The Hall–Kier alpha value is -6.30. The third-order valence-electron chi connectivity index (χ3n) is 8.47. The maximum atomic E-state index is 9.88. The number of aromatic nitrogens is 1. The van der Waals surface area contributed by atoms with Gasteiger partial charge in [-0.2, -0.15) is 10.5 Å². The van der Waals surface area contributed by atoms with Gasteiger partial charge in [-0.25, -0.2) is 0 Å². The second kappa shape index (κ2) is 8.60. The van der Waals surface area contributed by atoms with Crippen LogP contribution in [0.5, 0.6) is 0 Å². The van der Waals surface area contributed by atoms with Crippen molar-refractivity contribution in [2.45, 2.75) is 0 Å². The highest BCUT2D eigenvalue weighted by Crippen LogP contribution is 2.43. The molecule has 0 saturated carbocycles. The molecule has 3 aromatic heterocycles. The van der Waals surface area contributed by atoms with Gasteiger partial charge in [-0.05, 0) is 66.2 Å². The topological polar surface area (TPSA) is 78.8 Å². The third-order valence-corrected chi connectivity index (χ3v) is 8.47. The Labute approximate surface area is 244 Å². The van der Waals surface area contributed by atoms with Crippen molar-refractivity contribution in [1.29, 1.82) is 10.5 Å². The third kappa shape index (κ3) is 3.19. The Balaban J connectivity index is 1.39. The molecule has 43 heavy (non-hydrogen) atoms. The maximum absolute atomic E-state index is 9.88. The van der Waals surface area contributed by atoms with Crippen LogP contribution in [0.4, 0.5) is 0 Å². The Bertz CT molecular complexity index is 2710. The van der Waals surface area contributed by atoms with Gasteiger partial charge in [0.1, 0.15) is 22.8 Å². The number of furan rings is 2. The SMILES string of the molecule is N#Cc1ccc(-n2c3ccccc3c3c4oc5c(C#N)cccc5c4ccc32)c(-c2ccc3oc4ccccc4c3c2)c1. The fraction of sp³-hybridized carbons (Fsp3) is 0. The molecule has 0 aliphatic carbocycles. The summed E-state index contributed by atoms with van der Waals surface area (Å²) < 4.78 is 14.8. The lowest BCUT2D eigenvalue weighted by atomic mass is 9.99. The molecule has 0 radical (unpaired) electrons. The molecule has 0 N–H and O–H groups in total. The van der Waals surface area contributed by atoms with Crippen LogP contribution in [0.2, 0.25) is 0 Å². The highest BCUT2D eigenvalue weighted by atomic mass is 16.3. The van der Waals surface area contributed by atoms with E-state index in [0.717, 1.165) is 76.9 Å². The van der Waals surface area contributed by atoms with Crippen LogP contribution in [0.3, 0.4) is 0 Å². The van der Waals surface area contributed by atoms with E-state index in [-0.39, 0.29) is 0 Å². The number of nitrogens with zero attached hydrogens (tertiary/aromatic N) is 3. The number of hydrogen-bond acceptors (Lipinski definition) is 4. The van der Waals surface area contributed by atoms with E-state index in [1.165, 1.54) is 0 Å². The molecule has 6 aromatic carbocycles. The van der Waals surface area contributed by atoms with Gasteiger partial charge >= 0.3 is 0 Å². The second-order valence-corrected chi connectivity index (χ2v) is 10.7. The minimum absolute atomic E-state index is 0.516. The first kappa shape index (κ1) is 23.4. The van der Waals surface area contributed by atoms with E-state index in [1.54, 1.807) is 6.07 Å². The zero-order chi connectivity index (χ0) is 28.7. The predicted molar refractivity (Wildman–Crippen MR) is 170 cm³/mol. The Morgan fingerprint density at radius 2 is 1.33 bits per heavy atom. The summed E-state index contributed by atoms with van der Waals surface area (Å²) in [6, 6.07) is 42.9. The quantitative estimate of drug-likeness (QED) is 0.215. The van der Waals surface area contributed by atoms with Crippen molar-refractivity contribution in [3.8, 4) is 29.0 Å². The molecule has 0 spiro atoms. The summed E-state index contributed by atoms with van der Waals surface area (Å²) in [5.41, 5.74) is 9.00. The number of fused-ring (bicyclic) bond motifs is 10. The zero-order valence-electron chi connectivity index (χ0n) is 22.6. The Kier molecular flexibility index (Phi) is 4.68. The average molecular weight is 550 g/mol. The van der Waals surface area contributed by atoms with Crippen molar-refractivity contribution in [3.05, 3.63) is 126 Å². The lowest BCUT2D eigenvalue weighted by Crippen LogP contribution is -1.98. The summed E-state index contributed by atoms with van der Waals surface area (Å²) >= 11 is 0. The summed E-state index contributed by atoms with van der Waals surface area (Å²) in [6.45, 7) is 0. The van der Waals surface area contributed by atoms with Gasteiger partial charge in [0.25, 0.3) is 0 Å². The maximum Gasteiger partial charge on any atom is 0.153 e. The van der Waals surface area contributed by atoms with Crippen LogP contribution in [0.25, 0.3) is 82.5 Å². The summed E-state index contributed by atoms with van der Waals surface area (Å²) in [5.74, 6) is 0. The molecule has 9 rings (SSSR count). The number of rotatable bonds is 2. The lowest BCUT2D eigenvalue weighted by molar-refractivity contribution is 0.669. The van der Waals surface area contributed by atoms with E-state index >= 15 is 0 Å². The van der Waals surface area contributed by atoms with Gasteiger partial charge in [0.2, 0.25) is 0 Å². The highest BCUT2D eigenvalue weighted by molar-refractivity contribution is 6.24. The van der Waals surface area contributed by atoms with Crippen molar-refractivity contribution in [2.75, 3.05) is 0 Å². The molecule has 0 amide bonds. The van der Waals surface area contributed by atoms with E-state index < -0.39 is 0 Å². The van der Waals surface area contributed by atoms with Gasteiger partial charge in [-0.1, -0.05) is 54.6 Å². The van der Waals surface area contributed by atoms with Gasteiger partial charge in [-0.15, -0.1) is 0 Å². The van der Waals surface area contributed by atoms with E-state index in [4.69, 9.17) is 8.83 Å². The van der Waals surface area contributed by atoms with Crippen LogP contribution in [0, 0.1) is 22.7 Å². The first-order chi connectivity index (χ1) is 21.2. The normalized spacial score (nSPS) is 11.7. The highest BCUT2D eigenvalue weighted by Gasteiger charge is 2.21. The molecule has 5 nitrogen and oxygen atoms in total. The van der Waals surface area contributed by atoms with Gasteiger partial charge in [-0.3, -0.25) is 0 Å². The van der Waals surface area contributed by atoms with Crippen molar-refractivity contribution in [2.24, 2.45) is 0 Å². The van der Waals surface area contributed by atoms with E-state index in [1.807, 2.05) is 66.7 Å². The molecule has 0 aliphatic heterocycles. The standard InChI is InChI=1S/C38H19N3O2/c39-20-22-12-15-32(29(18-22)23-13-17-35-30(19-23)25-7-2-4-11-34(25)42-35)41-31-10-3-1-8-28(31)36-33(41)16-14-27-26-9-5-6-24(21-40)37(26)43-38(27)36/h1-19H. The fourth-order valence-corrected chi connectivity index (χ4v) is 6.58. The summed E-state index contributed by atoms with van der Waals surface area (Å²) in [6.07, 6.45) is 0. The molecule has 0 bridgehead atoms.